The Morgan fingerprint density at radius 3 is 1.00 bits per heavy atom. The maximum Gasteiger partial charge on any atom is 0.261 e. The van der Waals surface area contributed by atoms with Gasteiger partial charge in [-0.15, -0.1) is 0 Å². The lowest BCUT2D eigenvalue weighted by atomic mass is 9.98. The molecule has 0 atom stereocenters. The lowest BCUT2D eigenvalue weighted by molar-refractivity contribution is -0.123. The summed E-state index contributed by atoms with van der Waals surface area (Å²) in [5, 5.41) is 0. The number of benzene rings is 4. The quantitative estimate of drug-likeness (QED) is 0.0852. The van der Waals surface area contributed by atoms with Gasteiger partial charge in [-0.25, -0.2) is 0 Å². The van der Waals surface area contributed by atoms with E-state index in [1.54, 1.807) is 23.9 Å². The molecule has 2 amide bonds. The van der Waals surface area contributed by atoms with Gasteiger partial charge in [-0.05, 0) is 70.5 Å². The molecule has 0 aliphatic carbocycles. The van der Waals surface area contributed by atoms with Gasteiger partial charge in [0.2, 0.25) is 0 Å². The predicted octanol–water partition coefficient (Wildman–Crippen LogP) is 11.6. The number of fused-ring (bicyclic) bond motifs is 1. The van der Waals surface area contributed by atoms with E-state index in [2.05, 4.69) is 38.1 Å². The number of rotatable bonds is 20. The van der Waals surface area contributed by atoms with Crippen molar-refractivity contribution in [1.29, 1.82) is 0 Å². The number of carbonyl (C=O) groups is 2. The Kier molecular flexibility index (Phi) is 13.4. The molecule has 0 radical (unpaired) electrons. The van der Waals surface area contributed by atoms with E-state index in [1.165, 1.54) is 64.2 Å². The molecule has 2 heterocycles. The largest absolute Gasteiger partial charge is 0.494 e. The van der Waals surface area contributed by atoms with Gasteiger partial charge >= 0.3 is 0 Å². The van der Waals surface area contributed by atoms with Crippen LogP contribution < -0.4 is 9.47 Å². The zero-order chi connectivity index (χ0) is 37.9. The van der Waals surface area contributed by atoms with Crippen molar-refractivity contribution in [3.8, 4) is 33.8 Å². The first-order valence-corrected chi connectivity index (χ1v) is 20.1. The van der Waals surface area contributed by atoms with Gasteiger partial charge in [-0.1, -0.05) is 151 Å². The molecule has 6 nitrogen and oxygen atoms in total. The number of likely N-dealkylation sites (N-methyl/N-ethyl adjacent to an activating group) is 2. The normalized spacial score (nSPS) is 14.1. The van der Waals surface area contributed by atoms with E-state index in [9.17, 15) is 9.59 Å². The van der Waals surface area contributed by atoms with Crippen LogP contribution in [-0.2, 0) is 9.59 Å². The van der Waals surface area contributed by atoms with Crippen LogP contribution in [0.2, 0.25) is 0 Å². The molecule has 54 heavy (non-hydrogen) atoms. The standard InChI is InChI=1S/C48H56N2O4/c1-5-7-9-11-13-15-33-53-41-29-25-37(26-30-41)35-17-21-39(22-18-35)45-43-44(48(52)49(45)3)46(50(4)47(43)51)40-23-19-36(20-24-40)38-27-31-42(32-28-38)54-34-16-14-12-10-8-6-2/h17-32H,5-16,33-34H2,1-4H3. The Morgan fingerprint density at radius 1 is 0.389 bits per heavy atom. The smallest absolute Gasteiger partial charge is 0.261 e. The van der Waals surface area contributed by atoms with Gasteiger partial charge in [0.25, 0.3) is 11.8 Å². The fraction of sp³-hybridized carbons (Fsp3) is 0.375. The zero-order valence-electron chi connectivity index (χ0n) is 32.7. The molecular formula is C48H56N2O4. The van der Waals surface area contributed by atoms with Crippen LogP contribution in [0, 0.1) is 0 Å². The van der Waals surface area contributed by atoms with E-state index in [-0.39, 0.29) is 11.8 Å². The Morgan fingerprint density at radius 2 is 0.667 bits per heavy atom. The number of unbranched alkanes of at least 4 members (excludes halogenated alkanes) is 10. The summed E-state index contributed by atoms with van der Waals surface area (Å²) in [5.41, 5.74) is 8.13. The minimum Gasteiger partial charge on any atom is -0.494 e. The molecule has 0 saturated heterocycles. The van der Waals surface area contributed by atoms with Crippen molar-refractivity contribution < 1.29 is 19.1 Å². The van der Waals surface area contributed by atoms with Crippen molar-refractivity contribution in [2.75, 3.05) is 27.3 Å². The summed E-state index contributed by atoms with van der Waals surface area (Å²) in [6.07, 6.45) is 14.9. The highest BCUT2D eigenvalue weighted by Gasteiger charge is 2.46. The summed E-state index contributed by atoms with van der Waals surface area (Å²) >= 11 is 0. The van der Waals surface area contributed by atoms with Crippen molar-refractivity contribution in [2.45, 2.75) is 90.9 Å². The van der Waals surface area contributed by atoms with E-state index in [0.29, 0.717) is 22.5 Å². The number of hydrogen-bond acceptors (Lipinski definition) is 4. The van der Waals surface area contributed by atoms with E-state index in [1.807, 2.05) is 72.8 Å². The highest BCUT2D eigenvalue weighted by molar-refractivity contribution is 6.30. The van der Waals surface area contributed by atoms with Crippen molar-refractivity contribution in [1.82, 2.24) is 9.80 Å². The second-order valence-corrected chi connectivity index (χ2v) is 14.6. The number of amides is 2. The van der Waals surface area contributed by atoms with E-state index < -0.39 is 0 Å². The van der Waals surface area contributed by atoms with Crippen LogP contribution in [-0.4, -0.2) is 48.9 Å². The zero-order valence-corrected chi connectivity index (χ0v) is 32.7. The number of hydrogen-bond donors (Lipinski definition) is 0. The molecule has 4 aromatic rings. The first-order chi connectivity index (χ1) is 26.4. The van der Waals surface area contributed by atoms with E-state index in [4.69, 9.17) is 9.47 Å². The molecule has 0 spiro atoms. The monoisotopic (exact) mass is 724 g/mol. The van der Waals surface area contributed by atoms with Gasteiger partial charge in [0.05, 0.1) is 35.8 Å². The van der Waals surface area contributed by atoms with Crippen LogP contribution in [0.15, 0.2) is 108 Å². The minimum absolute atomic E-state index is 0.172. The molecule has 6 heteroatoms. The molecule has 282 valence electrons. The molecule has 0 aromatic heterocycles. The van der Waals surface area contributed by atoms with Crippen LogP contribution in [0.25, 0.3) is 33.6 Å². The number of nitrogens with zero attached hydrogens (tertiary/aromatic N) is 2. The Balaban J connectivity index is 1.12. The summed E-state index contributed by atoms with van der Waals surface area (Å²) in [7, 11) is 3.51. The third-order valence-corrected chi connectivity index (χ3v) is 10.7. The van der Waals surface area contributed by atoms with E-state index in [0.717, 1.165) is 70.9 Å². The van der Waals surface area contributed by atoms with Crippen LogP contribution in [0.5, 0.6) is 11.5 Å². The highest BCUT2D eigenvalue weighted by atomic mass is 16.5. The molecule has 6 rings (SSSR count). The molecule has 0 bridgehead atoms. The maximum atomic E-state index is 13.8. The van der Waals surface area contributed by atoms with Crippen molar-refractivity contribution in [3.05, 3.63) is 119 Å². The predicted molar refractivity (Wildman–Crippen MR) is 221 cm³/mol. The fourth-order valence-electron chi connectivity index (χ4n) is 7.48. The summed E-state index contributed by atoms with van der Waals surface area (Å²) in [5.74, 6) is 1.42. The SMILES string of the molecule is CCCCCCCCOc1ccc(-c2ccc(C3=C4C(=O)N(C)C(c5ccc(-c6ccc(OCCCCCCCC)cc6)cc5)=C4C(=O)N3C)cc2)cc1. The average Bonchev–Trinajstić information content (AvgIpc) is 3.61. The Hall–Kier alpha value is -5.10. The van der Waals surface area contributed by atoms with Gasteiger partial charge < -0.3 is 19.3 Å². The van der Waals surface area contributed by atoms with Gasteiger partial charge in [0, 0.05) is 14.1 Å². The second kappa shape index (κ2) is 18.8. The van der Waals surface area contributed by atoms with Crippen molar-refractivity contribution in [3.63, 3.8) is 0 Å². The van der Waals surface area contributed by atoms with Gasteiger partial charge in [0.1, 0.15) is 11.5 Å². The molecule has 4 aromatic carbocycles. The van der Waals surface area contributed by atoms with E-state index >= 15 is 0 Å². The summed E-state index contributed by atoms with van der Waals surface area (Å²) in [6, 6.07) is 32.6. The Bertz CT molecular complexity index is 1780. The fourth-order valence-corrected chi connectivity index (χ4v) is 7.48. The number of ether oxygens (including phenoxy) is 2. The molecule has 0 N–H and O–H groups in total. The van der Waals surface area contributed by atoms with Crippen LogP contribution >= 0.6 is 0 Å². The molecule has 0 unspecified atom stereocenters. The first-order valence-electron chi connectivity index (χ1n) is 20.1. The lowest BCUT2D eigenvalue weighted by Crippen LogP contribution is -2.25. The number of carbonyl (C=O) groups excluding carboxylic acids is 2. The minimum atomic E-state index is -0.172. The Labute approximate surface area is 322 Å². The summed E-state index contributed by atoms with van der Waals surface area (Å²) < 4.78 is 12.0. The van der Waals surface area contributed by atoms with Crippen LogP contribution in [0.4, 0.5) is 0 Å². The van der Waals surface area contributed by atoms with Crippen molar-refractivity contribution >= 4 is 23.2 Å². The van der Waals surface area contributed by atoms with Gasteiger partial charge in [-0.2, -0.15) is 0 Å². The third-order valence-electron chi connectivity index (χ3n) is 10.7. The van der Waals surface area contributed by atoms with Gasteiger partial charge in [-0.3, -0.25) is 9.59 Å². The maximum absolute atomic E-state index is 13.8. The summed E-state index contributed by atoms with van der Waals surface area (Å²) in [6.45, 7) is 5.96. The first kappa shape index (κ1) is 38.6. The lowest BCUT2D eigenvalue weighted by Gasteiger charge is -2.20. The van der Waals surface area contributed by atoms with Gasteiger partial charge in [0.15, 0.2) is 0 Å². The van der Waals surface area contributed by atoms with Crippen LogP contribution in [0.1, 0.15) is 102 Å². The third kappa shape index (κ3) is 8.98. The summed E-state index contributed by atoms with van der Waals surface area (Å²) in [4.78, 5) is 30.9. The molecular weight excluding hydrogens is 669 g/mol. The van der Waals surface area contributed by atoms with Crippen molar-refractivity contribution in [2.24, 2.45) is 0 Å². The highest BCUT2D eigenvalue weighted by Crippen LogP contribution is 2.45. The molecule has 0 fully saturated rings. The second-order valence-electron chi connectivity index (χ2n) is 14.6. The topological polar surface area (TPSA) is 59.1 Å². The molecule has 0 saturated carbocycles. The average molecular weight is 725 g/mol. The molecule has 2 aliphatic heterocycles. The molecule has 2 aliphatic rings. The van der Waals surface area contributed by atoms with Crippen LogP contribution in [0.3, 0.4) is 0 Å².